The van der Waals surface area contributed by atoms with E-state index in [1.807, 2.05) is 0 Å². The number of ether oxygens (including phenoxy) is 1. The molecule has 0 saturated heterocycles. The third-order valence-electron chi connectivity index (χ3n) is 4.14. The zero-order valence-corrected chi connectivity index (χ0v) is 17.1. The molecule has 29 heavy (non-hydrogen) atoms. The average molecular weight is 430 g/mol. The monoisotopic (exact) mass is 430 g/mol. The first-order valence-electron chi connectivity index (χ1n) is 8.46. The van der Waals surface area contributed by atoms with Crippen LogP contribution in [0.5, 0.6) is 5.75 Å². The Bertz CT molecular complexity index is 990. The van der Waals surface area contributed by atoms with Crippen molar-refractivity contribution in [2.45, 2.75) is 26.1 Å². The lowest BCUT2D eigenvalue weighted by Crippen LogP contribution is -2.45. The molecular weight excluding hydrogens is 409 g/mol. The summed E-state index contributed by atoms with van der Waals surface area (Å²) in [6.07, 6.45) is -3.54. The first-order valence-corrected chi connectivity index (χ1v) is 10.3. The molecule has 0 unspecified atom stereocenters. The molecule has 158 valence electrons. The number of amides is 1. The number of carbonyl (C=O) groups is 1. The van der Waals surface area contributed by atoms with Crippen molar-refractivity contribution in [1.82, 2.24) is 0 Å². The van der Waals surface area contributed by atoms with E-state index in [-0.39, 0.29) is 17.1 Å². The van der Waals surface area contributed by atoms with E-state index in [0.717, 1.165) is 40.4 Å². The van der Waals surface area contributed by atoms with Gasteiger partial charge in [-0.2, -0.15) is 13.2 Å². The minimum Gasteiger partial charge on any atom is -0.495 e. The normalized spacial score (nSPS) is 12.9. The number of sulfonamides is 1. The number of anilines is 2. The van der Waals surface area contributed by atoms with Crippen LogP contribution in [-0.4, -0.2) is 33.7 Å². The third-order valence-corrected chi connectivity index (χ3v) is 5.37. The summed E-state index contributed by atoms with van der Waals surface area (Å²) in [5.74, 6) is -0.450. The van der Waals surface area contributed by atoms with E-state index in [1.165, 1.54) is 14.0 Å². The van der Waals surface area contributed by atoms with Crippen molar-refractivity contribution in [2.24, 2.45) is 0 Å². The minimum atomic E-state index is -4.50. The van der Waals surface area contributed by atoms with Crippen molar-refractivity contribution >= 4 is 27.3 Å². The van der Waals surface area contributed by atoms with Gasteiger partial charge in [-0.1, -0.05) is 6.07 Å². The molecule has 0 aliphatic rings. The molecule has 6 nitrogen and oxygen atoms in total. The lowest BCUT2D eigenvalue weighted by molar-refractivity contribution is -0.137. The third kappa shape index (κ3) is 5.41. The van der Waals surface area contributed by atoms with Gasteiger partial charge in [0.25, 0.3) is 0 Å². The van der Waals surface area contributed by atoms with Crippen LogP contribution in [0.2, 0.25) is 0 Å². The van der Waals surface area contributed by atoms with Crippen molar-refractivity contribution in [3.63, 3.8) is 0 Å². The molecule has 10 heteroatoms. The Labute approximate surface area is 167 Å². The molecule has 0 bridgehead atoms. The quantitative estimate of drug-likeness (QED) is 0.756. The Balaban J connectivity index is 2.34. The summed E-state index contributed by atoms with van der Waals surface area (Å²) >= 11 is 0. The zero-order valence-electron chi connectivity index (χ0n) is 16.2. The van der Waals surface area contributed by atoms with Gasteiger partial charge in [0.15, 0.2) is 0 Å². The summed E-state index contributed by atoms with van der Waals surface area (Å²) in [7, 11) is -2.51. The Morgan fingerprint density at radius 2 is 1.72 bits per heavy atom. The number of hydrogen-bond acceptors (Lipinski definition) is 4. The van der Waals surface area contributed by atoms with Gasteiger partial charge in [0, 0.05) is 5.69 Å². The fraction of sp³-hybridized carbons (Fsp3) is 0.316. The van der Waals surface area contributed by atoms with E-state index in [0.29, 0.717) is 0 Å². The van der Waals surface area contributed by atoms with Crippen LogP contribution in [0.3, 0.4) is 0 Å². The van der Waals surface area contributed by atoms with Crippen LogP contribution in [0.15, 0.2) is 42.5 Å². The Morgan fingerprint density at radius 1 is 1.14 bits per heavy atom. The van der Waals surface area contributed by atoms with Gasteiger partial charge in [-0.3, -0.25) is 9.10 Å². The topological polar surface area (TPSA) is 75.7 Å². The minimum absolute atomic E-state index is 0.111. The fourth-order valence-corrected chi connectivity index (χ4v) is 3.91. The molecular formula is C19H21F3N2O4S. The van der Waals surface area contributed by atoms with E-state index >= 15 is 0 Å². The molecule has 1 N–H and O–H groups in total. The highest BCUT2D eigenvalue weighted by Crippen LogP contribution is 2.33. The van der Waals surface area contributed by atoms with Crippen LogP contribution >= 0.6 is 0 Å². The molecule has 0 aliphatic heterocycles. The van der Waals surface area contributed by atoms with Crippen molar-refractivity contribution in [3.05, 3.63) is 53.6 Å². The second kappa shape index (κ2) is 8.32. The number of rotatable bonds is 6. The van der Waals surface area contributed by atoms with Crippen LogP contribution in [0.1, 0.15) is 18.1 Å². The van der Waals surface area contributed by atoms with Crippen molar-refractivity contribution in [3.8, 4) is 5.75 Å². The molecule has 0 spiro atoms. The Morgan fingerprint density at radius 3 is 2.21 bits per heavy atom. The number of aryl methyl sites for hydroxylation is 1. The smallest absolute Gasteiger partial charge is 0.416 e. The van der Waals surface area contributed by atoms with Crippen molar-refractivity contribution in [1.29, 1.82) is 0 Å². The van der Waals surface area contributed by atoms with Gasteiger partial charge in [0.2, 0.25) is 15.9 Å². The molecule has 2 aromatic rings. The lowest BCUT2D eigenvalue weighted by Gasteiger charge is -2.29. The summed E-state index contributed by atoms with van der Waals surface area (Å²) in [6, 6.07) is 7.57. The first-order chi connectivity index (χ1) is 13.3. The summed E-state index contributed by atoms with van der Waals surface area (Å²) in [4.78, 5) is 12.7. The van der Waals surface area contributed by atoms with E-state index in [4.69, 9.17) is 4.74 Å². The van der Waals surface area contributed by atoms with Crippen molar-refractivity contribution < 1.29 is 31.1 Å². The predicted molar refractivity (Wildman–Crippen MR) is 105 cm³/mol. The highest BCUT2D eigenvalue weighted by Gasteiger charge is 2.32. The molecule has 2 rings (SSSR count). The van der Waals surface area contributed by atoms with Gasteiger partial charge in [-0.15, -0.1) is 0 Å². The second-order valence-electron chi connectivity index (χ2n) is 6.47. The van der Waals surface area contributed by atoms with Gasteiger partial charge in [-0.25, -0.2) is 8.42 Å². The predicted octanol–water partition coefficient (Wildman–Crippen LogP) is 3.82. The van der Waals surface area contributed by atoms with Gasteiger partial charge in [0.05, 0.1) is 24.6 Å². The zero-order chi connectivity index (χ0) is 22.0. The summed E-state index contributed by atoms with van der Waals surface area (Å²) < 4.78 is 69.0. The van der Waals surface area contributed by atoms with E-state index in [9.17, 15) is 26.4 Å². The van der Waals surface area contributed by atoms with E-state index < -0.39 is 33.7 Å². The maximum absolute atomic E-state index is 12.7. The summed E-state index contributed by atoms with van der Waals surface area (Å²) in [5.41, 5.74) is 0.195. The lowest BCUT2D eigenvalue weighted by atomic mass is 10.1. The maximum Gasteiger partial charge on any atom is 0.416 e. The van der Waals surface area contributed by atoms with E-state index in [2.05, 4.69) is 5.32 Å². The fourth-order valence-electron chi connectivity index (χ4n) is 2.74. The Hall–Kier alpha value is -2.75. The van der Waals surface area contributed by atoms with Crippen LogP contribution in [0.4, 0.5) is 24.5 Å². The molecule has 2 aromatic carbocycles. The van der Waals surface area contributed by atoms with E-state index in [1.54, 1.807) is 25.1 Å². The van der Waals surface area contributed by atoms with Crippen LogP contribution in [-0.2, 0) is 21.0 Å². The van der Waals surface area contributed by atoms with Crippen LogP contribution in [0, 0.1) is 6.92 Å². The molecule has 0 radical (unpaired) electrons. The molecule has 0 fully saturated rings. The number of nitrogens with zero attached hydrogens (tertiary/aromatic N) is 1. The maximum atomic E-state index is 12.7. The first kappa shape index (κ1) is 22.5. The number of carbonyl (C=O) groups excluding carboxylic acids is 1. The SMILES string of the molecule is COc1ccc(C)cc1N([C@@H](C)C(=O)Nc1ccc(C(F)(F)F)cc1)S(C)(=O)=O. The second-order valence-corrected chi connectivity index (χ2v) is 8.33. The van der Waals surface area contributed by atoms with Crippen LogP contribution in [0.25, 0.3) is 0 Å². The van der Waals surface area contributed by atoms with Crippen LogP contribution < -0.4 is 14.4 Å². The standard InChI is InChI=1S/C19H21F3N2O4S/c1-12-5-10-17(28-3)16(11-12)24(29(4,26)27)13(2)18(25)23-15-8-6-14(7-9-15)19(20,21)22/h5-11,13H,1-4H3,(H,23,25)/t13-/m0/s1. The van der Waals surface area contributed by atoms with Gasteiger partial charge < -0.3 is 10.1 Å². The summed E-state index contributed by atoms with van der Waals surface area (Å²) in [6.45, 7) is 3.14. The molecule has 1 atom stereocenters. The number of hydrogen-bond donors (Lipinski definition) is 1. The van der Waals surface area contributed by atoms with Gasteiger partial charge in [-0.05, 0) is 55.8 Å². The highest BCUT2D eigenvalue weighted by molar-refractivity contribution is 7.92. The number of benzene rings is 2. The number of methoxy groups -OCH3 is 1. The highest BCUT2D eigenvalue weighted by atomic mass is 32.2. The summed E-state index contributed by atoms with van der Waals surface area (Å²) in [5, 5.41) is 2.44. The van der Waals surface area contributed by atoms with Gasteiger partial charge in [0.1, 0.15) is 11.8 Å². The molecule has 1 amide bonds. The largest absolute Gasteiger partial charge is 0.495 e. The number of halogens is 3. The van der Waals surface area contributed by atoms with Gasteiger partial charge >= 0.3 is 6.18 Å². The number of alkyl halides is 3. The molecule has 0 heterocycles. The molecule has 0 aromatic heterocycles. The van der Waals surface area contributed by atoms with Crippen molar-refractivity contribution in [2.75, 3.05) is 23.0 Å². The molecule has 0 aliphatic carbocycles. The molecule has 0 saturated carbocycles. The number of nitrogens with one attached hydrogen (secondary N) is 1. The average Bonchev–Trinajstić information content (AvgIpc) is 2.60. The Kier molecular flexibility index (Phi) is 6.46.